The third-order valence-corrected chi connectivity index (χ3v) is 2.00. The molecule has 0 spiro atoms. The van der Waals surface area contributed by atoms with Crippen LogP contribution in [0.15, 0.2) is 28.7 Å². The van der Waals surface area contributed by atoms with Crippen LogP contribution in [0.3, 0.4) is 0 Å². The maximum atomic E-state index is 8.83. The van der Waals surface area contributed by atoms with Crippen molar-refractivity contribution in [2.45, 2.75) is 12.0 Å². The van der Waals surface area contributed by atoms with Gasteiger partial charge in [-0.2, -0.15) is 0 Å². The fourth-order valence-corrected chi connectivity index (χ4v) is 1.26. The van der Waals surface area contributed by atoms with Crippen molar-refractivity contribution in [3.05, 3.63) is 34.3 Å². The minimum absolute atomic E-state index is 0.495. The second kappa shape index (κ2) is 4.10. The first kappa shape index (κ1) is 9.04. The maximum Gasteiger partial charge on any atom is 0.132 e. The van der Waals surface area contributed by atoms with Gasteiger partial charge in [0.15, 0.2) is 0 Å². The van der Waals surface area contributed by atoms with Gasteiger partial charge >= 0.3 is 0 Å². The zero-order valence-corrected chi connectivity index (χ0v) is 8.14. The van der Waals surface area contributed by atoms with Crippen LogP contribution in [0.1, 0.15) is 5.56 Å². The van der Waals surface area contributed by atoms with Gasteiger partial charge in [-0.3, -0.25) is 0 Å². The number of halogens is 2. The van der Waals surface area contributed by atoms with Gasteiger partial charge in [-0.05, 0) is 17.7 Å². The fourth-order valence-electron chi connectivity index (χ4n) is 0.815. The lowest BCUT2D eigenvalue weighted by atomic mass is 10.2. The summed E-state index contributed by atoms with van der Waals surface area (Å²) in [6.45, 7) is 0. The van der Waals surface area contributed by atoms with Crippen LogP contribution in [-0.2, 0) is 6.42 Å². The molecular formula is C8H8BrClO. The summed E-state index contributed by atoms with van der Waals surface area (Å²) in [7, 11) is 0. The van der Waals surface area contributed by atoms with Crippen LogP contribution >= 0.6 is 27.5 Å². The van der Waals surface area contributed by atoms with Crippen molar-refractivity contribution in [1.29, 1.82) is 0 Å². The molecule has 1 nitrogen and oxygen atoms in total. The summed E-state index contributed by atoms with van der Waals surface area (Å²) in [5.41, 5.74) is 0.256. The molecule has 3 heteroatoms. The molecule has 0 aliphatic heterocycles. The predicted octanol–water partition coefficient (Wildman–Crippen LogP) is 2.55. The SMILES string of the molecule is OC(Cl)Cc1ccc(Br)cc1. The van der Waals surface area contributed by atoms with Crippen LogP contribution in [0, 0.1) is 0 Å². The zero-order chi connectivity index (χ0) is 8.27. The molecule has 0 saturated heterocycles. The second-order valence-electron chi connectivity index (χ2n) is 2.27. The number of rotatable bonds is 2. The van der Waals surface area contributed by atoms with Gasteiger partial charge in [0.2, 0.25) is 0 Å². The minimum atomic E-state index is -0.781. The van der Waals surface area contributed by atoms with Crippen molar-refractivity contribution >= 4 is 27.5 Å². The molecule has 0 saturated carbocycles. The van der Waals surface area contributed by atoms with Gasteiger partial charge in [-0.25, -0.2) is 0 Å². The molecule has 11 heavy (non-hydrogen) atoms. The van der Waals surface area contributed by atoms with E-state index in [-0.39, 0.29) is 0 Å². The van der Waals surface area contributed by atoms with E-state index >= 15 is 0 Å². The Labute approximate surface area is 79.1 Å². The highest BCUT2D eigenvalue weighted by Gasteiger charge is 1.99. The molecule has 0 radical (unpaired) electrons. The average molecular weight is 236 g/mol. The highest BCUT2D eigenvalue weighted by atomic mass is 79.9. The summed E-state index contributed by atoms with van der Waals surface area (Å²) in [6.07, 6.45) is 0.495. The van der Waals surface area contributed by atoms with E-state index in [1.807, 2.05) is 24.3 Å². The Kier molecular flexibility index (Phi) is 3.37. The van der Waals surface area contributed by atoms with E-state index in [9.17, 15) is 0 Å². The number of hydrogen-bond donors (Lipinski definition) is 1. The van der Waals surface area contributed by atoms with Gasteiger partial charge < -0.3 is 5.11 Å². The van der Waals surface area contributed by atoms with E-state index in [1.54, 1.807) is 0 Å². The topological polar surface area (TPSA) is 20.2 Å². The monoisotopic (exact) mass is 234 g/mol. The Morgan fingerprint density at radius 1 is 1.36 bits per heavy atom. The Bertz CT molecular complexity index is 220. The average Bonchev–Trinajstić information content (AvgIpc) is 1.93. The number of alkyl halides is 1. The standard InChI is InChI=1S/C8H8BrClO/c9-7-3-1-6(2-4-7)5-8(10)11/h1-4,8,11H,5H2. The molecule has 0 aliphatic rings. The third-order valence-electron chi connectivity index (χ3n) is 1.32. The molecular weight excluding hydrogens is 227 g/mol. The van der Waals surface area contributed by atoms with Gasteiger partial charge in [-0.15, -0.1) is 0 Å². The summed E-state index contributed by atoms with van der Waals surface area (Å²) >= 11 is 8.71. The number of hydrogen-bond acceptors (Lipinski definition) is 1. The molecule has 0 amide bonds. The number of aliphatic hydroxyl groups excluding tert-OH is 1. The Morgan fingerprint density at radius 2 is 1.91 bits per heavy atom. The van der Waals surface area contributed by atoms with Gasteiger partial charge in [-0.1, -0.05) is 39.7 Å². The lowest BCUT2D eigenvalue weighted by Gasteiger charge is -2.01. The Balaban J connectivity index is 2.66. The van der Waals surface area contributed by atoms with Crippen LogP contribution in [-0.4, -0.2) is 10.7 Å². The van der Waals surface area contributed by atoms with Gasteiger partial charge in [0, 0.05) is 10.9 Å². The van der Waals surface area contributed by atoms with E-state index < -0.39 is 5.56 Å². The first-order valence-electron chi connectivity index (χ1n) is 3.25. The maximum absolute atomic E-state index is 8.83. The summed E-state index contributed by atoms with van der Waals surface area (Å²) < 4.78 is 1.03. The normalized spacial score (nSPS) is 13.0. The molecule has 1 unspecified atom stereocenters. The lowest BCUT2D eigenvalue weighted by Crippen LogP contribution is -2.00. The van der Waals surface area contributed by atoms with Gasteiger partial charge in [0.25, 0.3) is 0 Å². The van der Waals surface area contributed by atoms with Crippen LogP contribution in [0.5, 0.6) is 0 Å². The van der Waals surface area contributed by atoms with E-state index in [0.29, 0.717) is 6.42 Å². The van der Waals surface area contributed by atoms with E-state index in [0.717, 1.165) is 10.0 Å². The van der Waals surface area contributed by atoms with E-state index in [2.05, 4.69) is 15.9 Å². The van der Waals surface area contributed by atoms with Gasteiger partial charge in [0.05, 0.1) is 0 Å². The van der Waals surface area contributed by atoms with Crippen molar-refractivity contribution in [2.75, 3.05) is 0 Å². The summed E-state index contributed by atoms with van der Waals surface area (Å²) in [5, 5.41) is 8.83. The van der Waals surface area contributed by atoms with Crippen LogP contribution in [0.2, 0.25) is 0 Å². The van der Waals surface area contributed by atoms with E-state index in [4.69, 9.17) is 16.7 Å². The molecule has 60 valence electrons. The highest BCUT2D eigenvalue weighted by molar-refractivity contribution is 9.10. The molecule has 0 aliphatic carbocycles. The van der Waals surface area contributed by atoms with Crippen molar-refractivity contribution in [3.8, 4) is 0 Å². The van der Waals surface area contributed by atoms with E-state index in [1.165, 1.54) is 0 Å². The van der Waals surface area contributed by atoms with Crippen molar-refractivity contribution in [1.82, 2.24) is 0 Å². The van der Waals surface area contributed by atoms with Crippen molar-refractivity contribution in [2.24, 2.45) is 0 Å². The predicted molar refractivity (Wildman–Crippen MR) is 49.7 cm³/mol. The lowest BCUT2D eigenvalue weighted by molar-refractivity contribution is 0.257. The summed E-state index contributed by atoms with van der Waals surface area (Å²) in [5.74, 6) is 0. The minimum Gasteiger partial charge on any atom is -0.377 e. The Morgan fingerprint density at radius 3 is 2.36 bits per heavy atom. The molecule has 0 aromatic heterocycles. The van der Waals surface area contributed by atoms with Gasteiger partial charge in [0.1, 0.15) is 5.56 Å². The van der Waals surface area contributed by atoms with Crippen LogP contribution in [0.4, 0.5) is 0 Å². The number of aliphatic hydroxyl groups is 1. The Hall–Kier alpha value is -0.0500. The second-order valence-corrected chi connectivity index (χ2v) is 3.68. The first-order chi connectivity index (χ1) is 5.18. The molecule has 0 fully saturated rings. The largest absolute Gasteiger partial charge is 0.377 e. The molecule has 1 N–H and O–H groups in total. The fraction of sp³-hybridized carbons (Fsp3) is 0.250. The molecule has 0 heterocycles. The highest BCUT2D eigenvalue weighted by Crippen LogP contribution is 2.12. The number of benzene rings is 1. The molecule has 1 rings (SSSR count). The third kappa shape index (κ3) is 3.23. The van der Waals surface area contributed by atoms with Crippen LogP contribution in [0.25, 0.3) is 0 Å². The van der Waals surface area contributed by atoms with Crippen LogP contribution < -0.4 is 0 Å². The zero-order valence-electron chi connectivity index (χ0n) is 5.80. The van der Waals surface area contributed by atoms with Crippen molar-refractivity contribution in [3.63, 3.8) is 0 Å². The quantitative estimate of drug-likeness (QED) is 0.781. The summed E-state index contributed by atoms with van der Waals surface area (Å²) in [4.78, 5) is 0. The van der Waals surface area contributed by atoms with Crippen molar-refractivity contribution < 1.29 is 5.11 Å². The smallest absolute Gasteiger partial charge is 0.132 e. The molecule has 1 aromatic rings. The summed E-state index contributed by atoms with van der Waals surface area (Å²) in [6, 6.07) is 7.70. The first-order valence-corrected chi connectivity index (χ1v) is 4.48. The molecule has 1 atom stereocenters. The molecule has 1 aromatic carbocycles. The molecule has 0 bridgehead atoms.